The van der Waals surface area contributed by atoms with Crippen LogP contribution in [-0.4, -0.2) is 64.7 Å². The van der Waals surface area contributed by atoms with Crippen molar-refractivity contribution >= 4 is 40.2 Å². The zero-order valence-corrected chi connectivity index (χ0v) is 18.9. The standard InChI is InChI=1S/C20H27ClN4O4S/c1-15(20(26)29-4)8-9-18(22-3)14-25(19-7-5-6-17(21)12-19)30(27,28)24-11-10-23-16(2)13-24/h5-9,12,16,23H,3,10-11,13-14H2,1-2,4H3/b15-8+,18-9-/t16-/m1/s1. The molecule has 1 N–H and O–H groups in total. The molecule has 8 nitrogen and oxygen atoms in total. The summed E-state index contributed by atoms with van der Waals surface area (Å²) in [5.41, 5.74) is 1.13. The van der Waals surface area contributed by atoms with Crippen LogP contribution in [0.3, 0.4) is 0 Å². The largest absolute Gasteiger partial charge is 0.466 e. The summed E-state index contributed by atoms with van der Waals surface area (Å²) < 4.78 is 34.3. The van der Waals surface area contributed by atoms with Crippen LogP contribution in [0.25, 0.3) is 0 Å². The molecule has 0 bridgehead atoms. The maximum absolute atomic E-state index is 13.5. The Morgan fingerprint density at radius 3 is 2.80 bits per heavy atom. The molecule has 30 heavy (non-hydrogen) atoms. The Kier molecular flexibility index (Phi) is 8.60. The lowest BCUT2D eigenvalue weighted by Gasteiger charge is -2.36. The maximum Gasteiger partial charge on any atom is 0.333 e. The van der Waals surface area contributed by atoms with E-state index in [4.69, 9.17) is 11.6 Å². The average Bonchev–Trinajstić information content (AvgIpc) is 2.72. The van der Waals surface area contributed by atoms with E-state index in [2.05, 4.69) is 21.8 Å². The zero-order valence-electron chi connectivity index (χ0n) is 17.3. The SMILES string of the molecule is C=N/C(=C\C=C(/C)C(=O)OC)CN(c1cccc(Cl)c1)S(=O)(=O)N1CCN[C@H](C)C1. The highest BCUT2D eigenvalue weighted by Gasteiger charge is 2.33. The fourth-order valence-electron chi connectivity index (χ4n) is 2.94. The molecule has 1 aliphatic rings. The number of esters is 1. The molecule has 10 heteroatoms. The minimum Gasteiger partial charge on any atom is -0.466 e. The van der Waals surface area contributed by atoms with Crippen LogP contribution < -0.4 is 9.62 Å². The summed E-state index contributed by atoms with van der Waals surface area (Å²) in [7, 11) is -2.57. The van der Waals surface area contributed by atoms with Crippen molar-refractivity contribution in [2.45, 2.75) is 19.9 Å². The topological polar surface area (TPSA) is 91.3 Å². The van der Waals surface area contributed by atoms with E-state index in [1.165, 1.54) is 21.8 Å². The number of rotatable bonds is 8. The van der Waals surface area contributed by atoms with Crippen LogP contribution in [0.1, 0.15) is 13.8 Å². The smallest absolute Gasteiger partial charge is 0.333 e. The van der Waals surface area contributed by atoms with Crippen LogP contribution in [0.5, 0.6) is 0 Å². The van der Waals surface area contributed by atoms with E-state index in [0.717, 1.165) is 0 Å². The van der Waals surface area contributed by atoms with E-state index in [1.807, 2.05) is 6.92 Å². The summed E-state index contributed by atoms with van der Waals surface area (Å²) in [6.07, 6.45) is 3.07. The van der Waals surface area contributed by atoms with Gasteiger partial charge in [-0.15, -0.1) is 0 Å². The number of hydrogen-bond acceptors (Lipinski definition) is 6. The van der Waals surface area contributed by atoms with Crippen molar-refractivity contribution in [2.24, 2.45) is 4.99 Å². The van der Waals surface area contributed by atoms with Gasteiger partial charge in [-0.05, 0) is 44.8 Å². The molecule has 0 unspecified atom stereocenters. The Labute approximate surface area is 183 Å². The third-order valence-corrected chi connectivity index (χ3v) is 6.69. The lowest BCUT2D eigenvalue weighted by molar-refractivity contribution is -0.136. The van der Waals surface area contributed by atoms with Gasteiger partial charge in [-0.25, -0.2) is 4.79 Å². The van der Waals surface area contributed by atoms with E-state index in [-0.39, 0.29) is 12.6 Å². The highest BCUT2D eigenvalue weighted by molar-refractivity contribution is 7.90. The predicted molar refractivity (Wildman–Crippen MR) is 120 cm³/mol. The van der Waals surface area contributed by atoms with E-state index >= 15 is 0 Å². The van der Waals surface area contributed by atoms with Gasteiger partial charge in [0.1, 0.15) is 0 Å². The Balaban J connectivity index is 2.43. The van der Waals surface area contributed by atoms with E-state index < -0.39 is 16.2 Å². The van der Waals surface area contributed by atoms with Crippen molar-refractivity contribution < 1.29 is 17.9 Å². The molecule has 1 fully saturated rings. The summed E-state index contributed by atoms with van der Waals surface area (Å²) in [6, 6.07) is 6.65. The number of ether oxygens (including phenoxy) is 1. The fourth-order valence-corrected chi connectivity index (χ4v) is 4.81. The number of methoxy groups -OCH3 is 1. The van der Waals surface area contributed by atoms with Gasteiger partial charge in [0.25, 0.3) is 0 Å². The van der Waals surface area contributed by atoms with Gasteiger partial charge in [-0.1, -0.05) is 23.7 Å². The van der Waals surface area contributed by atoms with Crippen molar-refractivity contribution in [3.05, 3.63) is 52.7 Å². The minimum absolute atomic E-state index is 0.0351. The molecular weight excluding hydrogens is 428 g/mol. The van der Waals surface area contributed by atoms with Crippen molar-refractivity contribution in [1.82, 2.24) is 9.62 Å². The summed E-state index contributed by atoms with van der Waals surface area (Å²) in [4.78, 5) is 15.5. The molecule has 164 valence electrons. The van der Waals surface area contributed by atoms with Crippen LogP contribution in [0.2, 0.25) is 5.02 Å². The number of hydrogen-bond donors (Lipinski definition) is 1. The zero-order chi connectivity index (χ0) is 22.3. The highest BCUT2D eigenvalue weighted by Crippen LogP contribution is 2.26. The number of halogens is 1. The van der Waals surface area contributed by atoms with E-state index in [9.17, 15) is 13.2 Å². The molecule has 0 spiro atoms. The van der Waals surface area contributed by atoms with Gasteiger partial charge in [0.05, 0.1) is 25.0 Å². The second kappa shape index (κ2) is 10.7. The summed E-state index contributed by atoms with van der Waals surface area (Å²) in [6.45, 7) is 8.26. The third-order valence-electron chi connectivity index (χ3n) is 4.57. The van der Waals surface area contributed by atoms with Crippen LogP contribution in [0, 0.1) is 0 Å². The first kappa shape index (κ1) is 24.1. The van der Waals surface area contributed by atoms with Crippen LogP contribution in [-0.2, 0) is 19.7 Å². The molecular formula is C20H27ClN4O4S. The van der Waals surface area contributed by atoms with Gasteiger partial charge in [0.15, 0.2) is 0 Å². The molecule has 0 saturated carbocycles. The molecule has 1 aromatic carbocycles. The molecule has 1 saturated heterocycles. The van der Waals surface area contributed by atoms with Gasteiger partial charge in [0.2, 0.25) is 0 Å². The highest BCUT2D eigenvalue weighted by atomic mass is 35.5. The number of anilines is 1. The summed E-state index contributed by atoms with van der Waals surface area (Å²) >= 11 is 6.12. The lowest BCUT2D eigenvalue weighted by atomic mass is 10.2. The number of benzene rings is 1. The van der Waals surface area contributed by atoms with Crippen molar-refractivity contribution in [2.75, 3.05) is 37.6 Å². The number of nitrogens with one attached hydrogen (secondary N) is 1. The predicted octanol–water partition coefficient (Wildman–Crippen LogP) is 2.39. The Hall–Kier alpha value is -2.20. The second-order valence-corrected chi connectivity index (χ2v) is 9.15. The molecule has 1 aliphatic heterocycles. The Morgan fingerprint density at radius 1 is 1.47 bits per heavy atom. The first-order valence-corrected chi connectivity index (χ1v) is 11.2. The fraction of sp³-hybridized carbons (Fsp3) is 0.400. The normalized spacial score (nSPS) is 18.7. The Bertz CT molecular complexity index is 946. The summed E-state index contributed by atoms with van der Waals surface area (Å²) in [5.74, 6) is -0.483. The number of carbonyl (C=O) groups is 1. The summed E-state index contributed by atoms with van der Waals surface area (Å²) in [5, 5.41) is 3.65. The number of allylic oxidation sites excluding steroid dienone is 2. The monoisotopic (exact) mass is 454 g/mol. The molecule has 0 amide bonds. The number of aliphatic imine (C=N–C) groups is 1. The van der Waals surface area contributed by atoms with Crippen LogP contribution in [0.4, 0.5) is 5.69 Å². The van der Waals surface area contributed by atoms with Gasteiger partial charge < -0.3 is 10.1 Å². The first-order valence-electron chi connectivity index (χ1n) is 9.38. The van der Waals surface area contributed by atoms with Gasteiger partial charge >= 0.3 is 16.2 Å². The van der Waals surface area contributed by atoms with Crippen molar-refractivity contribution in [3.8, 4) is 0 Å². The molecule has 1 aromatic rings. The van der Waals surface area contributed by atoms with Gasteiger partial charge in [-0.2, -0.15) is 12.7 Å². The molecule has 1 heterocycles. The van der Waals surface area contributed by atoms with Crippen molar-refractivity contribution in [3.63, 3.8) is 0 Å². The second-order valence-electron chi connectivity index (χ2n) is 6.86. The number of nitrogens with zero attached hydrogens (tertiary/aromatic N) is 3. The number of carbonyl (C=O) groups excluding carboxylic acids is 1. The molecule has 0 aliphatic carbocycles. The lowest BCUT2D eigenvalue weighted by Crippen LogP contribution is -2.55. The molecule has 0 aromatic heterocycles. The molecule has 2 rings (SSSR count). The van der Waals surface area contributed by atoms with E-state index in [1.54, 1.807) is 37.3 Å². The van der Waals surface area contributed by atoms with Crippen molar-refractivity contribution in [1.29, 1.82) is 0 Å². The Morgan fingerprint density at radius 2 is 2.20 bits per heavy atom. The molecule has 1 atom stereocenters. The first-order chi connectivity index (χ1) is 14.2. The van der Waals surface area contributed by atoms with Crippen LogP contribution >= 0.6 is 11.6 Å². The third kappa shape index (κ3) is 6.15. The quantitative estimate of drug-likeness (QED) is 0.282. The van der Waals surface area contributed by atoms with Crippen LogP contribution in [0.15, 0.2) is 52.7 Å². The average molecular weight is 455 g/mol. The number of piperazine rings is 1. The van der Waals surface area contributed by atoms with Gasteiger partial charge in [-0.3, -0.25) is 9.30 Å². The maximum atomic E-state index is 13.5. The van der Waals surface area contributed by atoms with Gasteiger partial charge in [0, 0.05) is 36.3 Å². The minimum atomic E-state index is -3.86. The molecule has 0 radical (unpaired) electrons. The van der Waals surface area contributed by atoms with E-state index in [0.29, 0.717) is 41.6 Å².